The van der Waals surface area contributed by atoms with E-state index in [0.717, 1.165) is 5.56 Å². The maximum atomic E-state index is 13.8. The van der Waals surface area contributed by atoms with Crippen molar-refractivity contribution in [1.82, 2.24) is 5.32 Å². The summed E-state index contributed by atoms with van der Waals surface area (Å²) in [6.45, 7) is 4.53. The Balaban J connectivity index is 2.12. The summed E-state index contributed by atoms with van der Waals surface area (Å²) in [6.07, 6.45) is 0. The maximum absolute atomic E-state index is 13.8. The second kappa shape index (κ2) is 7.01. The Morgan fingerprint density at radius 1 is 1.05 bits per heavy atom. The summed E-state index contributed by atoms with van der Waals surface area (Å²) in [5.41, 5.74) is 1.55. The van der Waals surface area contributed by atoms with E-state index in [1.54, 1.807) is 24.3 Å². The molecule has 0 bridgehead atoms. The van der Waals surface area contributed by atoms with Crippen LogP contribution >= 0.6 is 11.6 Å². The summed E-state index contributed by atoms with van der Waals surface area (Å²) < 4.78 is 26.8. The van der Waals surface area contributed by atoms with Crippen molar-refractivity contribution >= 4 is 11.6 Å². The highest BCUT2D eigenvalue weighted by Gasteiger charge is 2.16. The lowest BCUT2D eigenvalue weighted by Crippen LogP contribution is -2.25. The third kappa shape index (κ3) is 4.26. The topological polar surface area (TPSA) is 12.0 Å². The van der Waals surface area contributed by atoms with Crippen molar-refractivity contribution < 1.29 is 8.78 Å². The minimum absolute atomic E-state index is 0.0284. The Morgan fingerprint density at radius 3 is 2.29 bits per heavy atom. The predicted molar refractivity (Wildman–Crippen MR) is 82.2 cm³/mol. The van der Waals surface area contributed by atoms with Gasteiger partial charge in [-0.1, -0.05) is 43.6 Å². The summed E-state index contributed by atoms with van der Waals surface area (Å²) in [6, 6.07) is 11.1. The lowest BCUT2D eigenvalue weighted by molar-refractivity contribution is 0.406. The number of halogens is 3. The normalized spacial score (nSPS) is 12.7. The first-order valence-electron chi connectivity index (χ1n) is 6.90. The zero-order valence-corrected chi connectivity index (χ0v) is 12.8. The first-order valence-corrected chi connectivity index (χ1v) is 7.28. The molecule has 4 heteroatoms. The first-order chi connectivity index (χ1) is 9.97. The van der Waals surface area contributed by atoms with E-state index in [1.165, 1.54) is 18.2 Å². The molecule has 21 heavy (non-hydrogen) atoms. The van der Waals surface area contributed by atoms with Crippen molar-refractivity contribution in [3.8, 4) is 0 Å². The smallest absolute Gasteiger partial charge is 0.129 e. The molecule has 0 aliphatic rings. The standard InChI is InChI=1S/C17H18ClF2N/c1-11(2)17(12-4-7-15(19)8-5-12)21-10-13-3-6-14(18)9-16(13)20/h3-9,11,17,21H,10H2,1-2H3. The zero-order valence-electron chi connectivity index (χ0n) is 12.0. The van der Waals surface area contributed by atoms with Crippen LogP contribution in [-0.4, -0.2) is 0 Å². The average molecular weight is 310 g/mol. The van der Waals surface area contributed by atoms with E-state index in [9.17, 15) is 8.78 Å². The van der Waals surface area contributed by atoms with Crippen LogP contribution in [0.1, 0.15) is 31.0 Å². The van der Waals surface area contributed by atoms with Crippen LogP contribution in [-0.2, 0) is 6.54 Å². The Kier molecular flexibility index (Phi) is 5.32. The van der Waals surface area contributed by atoms with Gasteiger partial charge in [-0.3, -0.25) is 0 Å². The molecular formula is C17H18ClF2N. The average Bonchev–Trinajstić information content (AvgIpc) is 2.42. The Labute approximate surface area is 128 Å². The molecule has 0 aliphatic heterocycles. The number of nitrogens with one attached hydrogen (secondary N) is 1. The minimum atomic E-state index is -0.323. The molecule has 2 aromatic carbocycles. The molecule has 1 nitrogen and oxygen atoms in total. The van der Waals surface area contributed by atoms with Crippen LogP contribution in [0.3, 0.4) is 0 Å². The van der Waals surface area contributed by atoms with E-state index < -0.39 is 0 Å². The first kappa shape index (κ1) is 15.9. The van der Waals surface area contributed by atoms with Gasteiger partial charge in [0.1, 0.15) is 11.6 Å². The summed E-state index contributed by atoms with van der Waals surface area (Å²) >= 11 is 5.74. The Hall–Kier alpha value is -1.45. The second-order valence-electron chi connectivity index (χ2n) is 5.39. The van der Waals surface area contributed by atoms with Gasteiger partial charge in [-0.25, -0.2) is 8.78 Å². The molecule has 0 radical (unpaired) electrons. The van der Waals surface area contributed by atoms with Crippen LogP contribution in [0.15, 0.2) is 42.5 Å². The summed E-state index contributed by atoms with van der Waals surface area (Å²) in [7, 11) is 0. The van der Waals surface area contributed by atoms with E-state index in [1.807, 2.05) is 0 Å². The molecule has 1 unspecified atom stereocenters. The molecule has 0 fully saturated rings. The van der Waals surface area contributed by atoms with Crippen molar-refractivity contribution in [2.75, 3.05) is 0 Å². The van der Waals surface area contributed by atoms with Crippen LogP contribution in [0.25, 0.3) is 0 Å². The van der Waals surface area contributed by atoms with Gasteiger partial charge < -0.3 is 5.32 Å². The molecule has 0 saturated heterocycles. The molecule has 0 aromatic heterocycles. The molecule has 1 N–H and O–H groups in total. The third-order valence-corrected chi connectivity index (χ3v) is 3.66. The highest BCUT2D eigenvalue weighted by atomic mass is 35.5. The lowest BCUT2D eigenvalue weighted by atomic mass is 9.95. The molecule has 0 saturated carbocycles. The van der Waals surface area contributed by atoms with E-state index in [0.29, 0.717) is 23.0 Å². The number of hydrogen-bond donors (Lipinski definition) is 1. The molecule has 2 rings (SSSR count). The van der Waals surface area contributed by atoms with Crippen LogP contribution in [0.4, 0.5) is 8.78 Å². The molecule has 0 aliphatic carbocycles. The van der Waals surface area contributed by atoms with Gasteiger partial charge in [0.05, 0.1) is 0 Å². The third-order valence-electron chi connectivity index (χ3n) is 3.42. The van der Waals surface area contributed by atoms with Crippen LogP contribution in [0, 0.1) is 17.6 Å². The Bertz CT molecular complexity index is 596. The van der Waals surface area contributed by atoms with Gasteiger partial charge in [0.25, 0.3) is 0 Å². The van der Waals surface area contributed by atoms with Gasteiger partial charge in [-0.05, 0) is 35.7 Å². The highest BCUT2D eigenvalue weighted by Crippen LogP contribution is 2.23. The van der Waals surface area contributed by atoms with Crippen molar-refractivity contribution in [1.29, 1.82) is 0 Å². The zero-order chi connectivity index (χ0) is 15.4. The van der Waals surface area contributed by atoms with Crippen molar-refractivity contribution in [3.63, 3.8) is 0 Å². The van der Waals surface area contributed by atoms with Gasteiger partial charge in [0, 0.05) is 23.2 Å². The molecule has 0 heterocycles. The summed E-state index contributed by atoms with van der Waals surface area (Å²) in [5, 5.41) is 3.71. The van der Waals surface area contributed by atoms with Crippen LogP contribution < -0.4 is 5.32 Å². The fourth-order valence-electron chi connectivity index (χ4n) is 2.29. The molecule has 112 valence electrons. The Morgan fingerprint density at radius 2 is 1.71 bits per heavy atom. The monoisotopic (exact) mass is 309 g/mol. The van der Waals surface area contributed by atoms with Crippen molar-refractivity contribution in [2.24, 2.45) is 5.92 Å². The van der Waals surface area contributed by atoms with Gasteiger partial charge in [-0.15, -0.1) is 0 Å². The van der Waals surface area contributed by atoms with Crippen LogP contribution in [0.2, 0.25) is 5.02 Å². The van der Waals surface area contributed by atoms with Gasteiger partial charge in [0.15, 0.2) is 0 Å². The quantitative estimate of drug-likeness (QED) is 0.809. The SMILES string of the molecule is CC(C)C(NCc1ccc(Cl)cc1F)c1ccc(F)cc1. The van der Waals surface area contributed by atoms with E-state index >= 15 is 0 Å². The van der Waals surface area contributed by atoms with Crippen molar-refractivity contribution in [3.05, 3.63) is 70.2 Å². The molecule has 0 amide bonds. The minimum Gasteiger partial charge on any atom is -0.306 e. The van der Waals surface area contributed by atoms with Crippen molar-refractivity contribution in [2.45, 2.75) is 26.4 Å². The molecule has 0 spiro atoms. The summed E-state index contributed by atoms with van der Waals surface area (Å²) in [5.74, 6) is -0.285. The van der Waals surface area contributed by atoms with E-state index in [-0.39, 0.29) is 17.7 Å². The fraction of sp³-hybridized carbons (Fsp3) is 0.294. The van der Waals surface area contributed by atoms with E-state index in [4.69, 9.17) is 11.6 Å². The number of rotatable bonds is 5. The maximum Gasteiger partial charge on any atom is 0.129 e. The number of hydrogen-bond acceptors (Lipinski definition) is 1. The molecule has 2 aromatic rings. The lowest BCUT2D eigenvalue weighted by Gasteiger charge is -2.23. The van der Waals surface area contributed by atoms with Crippen LogP contribution in [0.5, 0.6) is 0 Å². The summed E-state index contributed by atoms with van der Waals surface area (Å²) in [4.78, 5) is 0. The predicted octanol–water partition coefficient (Wildman–Crippen LogP) is 5.11. The van der Waals surface area contributed by atoms with Gasteiger partial charge in [-0.2, -0.15) is 0 Å². The van der Waals surface area contributed by atoms with Gasteiger partial charge >= 0.3 is 0 Å². The largest absolute Gasteiger partial charge is 0.306 e. The number of benzene rings is 2. The second-order valence-corrected chi connectivity index (χ2v) is 5.83. The molecular weight excluding hydrogens is 292 g/mol. The van der Waals surface area contributed by atoms with Gasteiger partial charge in [0.2, 0.25) is 0 Å². The fourth-order valence-corrected chi connectivity index (χ4v) is 2.45. The highest BCUT2D eigenvalue weighted by molar-refractivity contribution is 6.30. The molecule has 1 atom stereocenters. The van der Waals surface area contributed by atoms with E-state index in [2.05, 4.69) is 19.2 Å².